The van der Waals surface area contributed by atoms with Crippen molar-refractivity contribution in [2.75, 3.05) is 13.2 Å². The van der Waals surface area contributed by atoms with Crippen molar-refractivity contribution in [3.8, 4) is 0 Å². The van der Waals surface area contributed by atoms with Crippen LogP contribution in [0.2, 0.25) is 0 Å². The maximum Gasteiger partial charge on any atom is 0.298 e. The molecule has 2 N–H and O–H groups in total. The molecule has 10 heavy (non-hydrogen) atoms. The van der Waals surface area contributed by atoms with Crippen LogP contribution in [-0.4, -0.2) is 36.4 Å². The molecule has 0 aromatic carbocycles. The fourth-order valence-electron chi connectivity index (χ4n) is 0.749. The van der Waals surface area contributed by atoms with Gasteiger partial charge in [0.25, 0.3) is 5.92 Å². The molecule has 2 nitrogen and oxygen atoms in total. The molecule has 0 aliphatic heterocycles. The summed E-state index contributed by atoms with van der Waals surface area (Å²) in [5.41, 5.74) is 0. The van der Waals surface area contributed by atoms with E-state index in [4.69, 9.17) is 5.11 Å². The number of nitrogens with one attached hydrogen (secondary N) is 1. The second-order valence-electron chi connectivity index (χ2n) is 2.23. The van der Waals surface area contributed by atoms with Gasteiger partial charge in [-0.1, -0.05) is 0 Å². The van der Waals surface area contributed by atoms with Gasteiger partial charge < -0.3 is 10.4 Å². The molecule has 0 heterocycles. The van der Waals surface area contributed by atoms with Gasteiger partial charge in [0.1, 0.15) is 6.04 Å². The zero-order chi connectivity index (χ0) is 7.78. The summed E-state index contributed by atoms with van der Waals surface area (Å²) < 4.78 is 36.0. The Morgan fingerprint density at radius 2 is 2.00 bits per heavy atom. The predicted molar refractivity (Wildman–Crippen MR) is 28.7 cm³/mol. The Morgan fingerprint density at radius 3 is 2.30 bits per heavy atom. The number of halogens is 3. The van der Waals surface area contributed by atoms with Crippen LogP contribution >= 0.6 is 0 Å². The minimum Gasteiger partial charge on any atom is -0.395 e. The van der Waals surface area contributed by atoms with Crippen LogP contribution in [0.4, 0.5) is 13.2 Å². The molecule has 0 radical (unpaired) electrons. The maximum absolute atomic E-state index is 12.0. The Bertz CT molecular complexity index is 130. The van der Waals surface area contributed by atoms with Gasteiger partial charge in [0.2, 0.25) is 0 Å². The topological polar surface area (TPSA) is 32.3 Å². The van der Waals surface area contributed by atoms with Gasteiger partial charge in [0.15, 0.2) is 6.17 Å². The summed E-state index contributed by atoms with van der Waals surface area (Å²) in [4.78, 5) is 0. The van der Waals surface area contributed by atoms with E-state index in [2.05, 4.69) is 5.32 Å². The monoisotopic (exact) mass is 155 g/mol. The Balaban J connectivity index is 2.22. The van der Waals surface area contributed by atoms with Crippen LogP contribution in [0.5, 0.6) is 0 Å². The minimum absolute atomic E-state index is 0.0146. The first-order chi connectivity index (χ1) is 4.60. The van der Waals surface area contributed by atoms with Crippen LogP contribution < -0.4 is 5.32 Å². The average molecular weight is 155 g/mol. The number of aliphatic hydroxyl groups excluding tert-OH is 1. The average Bonchev–Trinajstić information content (AvgIpc) is 2.31. The largest absolute Gasteiger partial charge is 0.395 e. The molecule has 2 unspecified atom stereocenters. The molecule has 2 atom stereocenters. The van der Waals surface area contributed by atoms with Crippen LogP contribution in [-0.2, 0) is 0 Å². The Morgan fingerprint density at radius 1 is 1.50 bits per heavy atom. The quantitative estimate of drug-likeness (QED) is 0.597. The van der Waals surface area contributed by atoms with Crippen LogP contribution in [0.15, 0.2) is 0 Å². The zero-order valence-electron chi connectivity index (χ0n) is 5.15. The summed E-state index contributed by atoms with van der Waals surface area (Å²) in [5.74, 6) is -3.21. The molecule has 5 heteroatoms. The van der Waals surface area contributed by atoms with Gasteiger partial charge >= 0.3 is 0 Å². The zero-order valence-corrected chi connectivity index (χ0v) is 5.15. The normalized spacial score (nSPS) is 36.0. The molecule has 0 aromatic heterocycles. The van der Waals surface area contributed by atoms with Gasteiger partial charge in [-0.05, 0) is 0 Å². The molecule has 0 amide bonds. The summed E-state index contributed by atoms with van der Waals surface area (Å²) in [7, 11) is 0. The second kappa shape index (κ2) is 2.39. The predicted octanol–water partition coefficient (Wildman–Crippen LogP) is -0.0761. The third-order valence-electron chi connectivity index (χ3n) is 1.44. The Hall–Kier alpha value is -0.290. The molecule has 1 aliphatic carbocycles. The Labute approximate surface area is 56.0 Å². The third kappa shape index (κ3) is 1.11. The summed E-state index contributed by atoms with van der Waals surface area (Å²) >= 11 is 0. The first kappa shape index (κ1) is 7.81. The van der Waals surface area contributed by atoms with E-state index in [0.717, 1.165) is 0 Å². The van der Waals surface area contributed by atoms with E-state index in [1.807, 2.05) is 0 Å². The van der Waals surface area contributed by atoms with Crippen molar-refractivity contribution in [3.05, 3.63) is 0 Å². The lowest BCUT2D eigenvalue weighted by Crippen LogP contribution is -2.25. The molecule has 60 valence electrons. The SMILES string of the molecule is OCCNC1C(F)C1(F)F. The molecule has 0 bridgehead atoms. The van der Waals surface area contributed by atoms with Crippen LogP contribution in [0.25, 0.3) is 0 Å². The van der Waals surface area contributed by atoms with E-state index in [9.17, 15) is 13.2 Å². The lowest BCUT2D eigenvalue weighted by atomic mass is 10.6. The summed E-state index contributed by atoms with van der Waals surface area (Å²) in [6.07, 6.45) is -2.07. The van der Waals surface area contributed by atoms with E-state index in [1.165, 1.54) is 0 Å². The molecule has 1 saturated carbocycles. The maximum atomic E-state index is 12.0. The molecule has 1 rings (SSSR count). The minimum atomic E-state index is -3.21. The first-order valence-electron chi connectivity index (χ1n) is 2.97. The first-order valence-corrected chi connectivity index (χ1v) is 2.97. The molecule has 0 spiro atoms. The standard InChI is InChI=1S/C5H8F3NO/c6-3-4(5(3,7)8)9-1-2-10/h3-4,9-10H,1-2H2. The van der Waals surface area contributed by atoms with Crippen LogP contribution in [0, 0.1) is 0 Å². The van der Waals surface area contributed by atoms with Crippen molar-refractivity contribution < 1.29 is 18.3 Å². The van der Waals surface area contributed by atoms with Crippen molar-refractivity contribution in [1.82, 2.24) is 5.32 Å². The van der Waals surface area contributed by atoms with E-state index < -0.39 is 18.1 Å². The smallest absolute Gasteiger partial charge is 0.298 e. The van der Waals surface area contributed by atoms with Crippen molar-refractivity contribution in [2.24, 2.45) is 0 Å². The van der Waals surface area contributed by atoms with Crippen molar-refractivity contribution >= 4 is 0 Å². The molecule has 1 aliphatic rings. The van der Waals surface area contributed by atoms with Crippen LogP contribution in [0.1, 0.15) is 0 Å². The highest BCUT2D eigenvalue weighted by atomic mass is 19.3. The van der Waals surface area contributed by atoms with Gasteiger partial charge in [0.05, 0.1) is 6.61 Å². The number of rotatable bonds is 3. The van der Waals surface area contributed by atoms with Gasteiger partial charge in [-0.3, -0.25) is 0 Å². The molecular weight excluding hydrogens is 147 g/mol. The van der Waals surface area contributed by atoms with E-state index in [0.29, 0.717) is 0 Å². The van der Waals surface area contributed by atoms with E-state index in [-0.39, 0.29) is 13.2 Å². The van der Waals surface area contributed by atoms with E-state index in [1.54, 1.807) is 0 Å². The Kier molecular flexibility index (Phi) is 1.87. The van der Waals surface area contributed by atoms with Gasteiger partial charge in [0, 0.05) is 6.54 Å². The molecule has 1 fully saturated rings. The number of hydrogen-bond acceptors (Lipinski definition) is 2. The van der Waals surface area contributed by atoms with Crippen molar-refractivity contribution in [1.29, 1.82) is 0 Å². The lowest BCUT2D eigenvalue weighted by Gasteiger charge is -1.96. The number of aliphatic hydroxyl groups is 1. The summed E-state index contributed by atoms with van der Waals surface area (Å²) in [6, 6.07) is -1.38. The summed E-state index contributed by atoms with van der Waals surface area (Å²) in [6.45, 7) is -0.236. The highest BCUT2D eigenvalue weighted by Gasteiger charge is 2.69. The fourth-order valence-corrected chi connectivity index (χ4v) is 0.749. The fraction of sp³-hybridized carbons (Fsp3) is 1.00. The van der Waals surface area contributed by atoms with E-state index >= 15 is 0 Å². The number of hydrogen-bond donors (Lipinski definition) is 2. The summed E-state index contributed by atoms with van der Waals surface area (Å²) in [5, 5.41) is 10.3. The molecule has 0 aromatic rings. The van der Waals surface area contributed by atoms with Gasteiger partial charge in [-0.2, -0.15) is 0 Å². The van der Waals surface area contributed by atoms with Crippen molar-refractivity contribution in [3.63, 3.8) is 0 Å². The van der Waals surface area contributed by atoms with Crippen molar-refractivity contribution in [2.45, 2.75) is 18.1 Å². The van der Waals surface area contributed by atoms with Gasteiger partial charge in [-0.15, -0.1) is 0 Å². The molecule has 0 saturated heterocycles. The van der Waals surface area contributed by atoms with Gasteiger partial charge in [-0.25, -0.2) is 13.2 Å². The highest BCUT2D eigenvalue weighted by molar-refractivity contribution is 5.12. The number of alkyl halides is 3. The third-order valence-corrected chi connectivity index (χ3v) is 1.44. The lowest BCUT2D eigenvalue weighted by molar-refractivity contribution is 0.0794. The highest BCUT2D eigenvalue weighted by Crippen LogP contribution is 2.44. The molecular formula is C5H8F3NO. The van der Waals surface area contributed by atoms with Crippen LogP contribution in [0.3, 0.4) is 0 Å². The second-order valence-corrected chi connectivity index (χ2v) is 2.23.